The Balaban J connectivity index is 2.12. The van der Waals surface area contributed by atoms with Crippen LogP contribution in [0.1, 0.15) is 0 Å². The van der Waals surface area contributed by atoms with Gasteiger partial charge in [-0.1, -0.05) is 48.5 Å². The van der Waals surface area contributed by atoms with E-state index in [1.807, 2.05) is 18.5 Å². The van der Waals surface area contributed by atoms with E-state index in [9.17, 15) is 0 Å². The third-order valence-corrected chi connectivity index (χ3v) is 3.50. The normalized spacial score (nSPS) is 11.2. The fourth-order valence-electron chi connectivity index (χ4n) is 2.61. The monoisotopic (exact) mass is 244 g/mol. The lowest BCUT2D eigenvalue weighted by Gasteiger charge is -2.07. The van der Waals surface area contributed by atoms with Crippen molar-refractivity contribution < 1.29 is 0 Å². The summed E-state index contributed by atoms with van der Waals surface area (Å²) in [5, 5.41) is 2.43. The van der Waals surface area contributed by atoms with E-state index < -0.39 is 0 Å². The minimum absolute atomic E-state index is 1.01. The van der Waals surface area contributed by atoms with Crippen LogP contribution in [0, 0.1) is 0 Å². The van der Waals surface area contributed by atoms with Gasteiger partial charge in [0.2, 0.25) is 0 Å². The van der Waals surface area contributed by atoms with Crippen LogP contribution in [0.4, 0.5) is 0 Å². The van der Waals surface area contributed by atoms with Crippen LogP contribution in [0.2, 0.25) is 0 Å². The Labute approximate surface area is 111 Å². The number of pyridine rings is 1. The maximum absolute atomic E-state index is 4.44. The van der Waals surface area contributed by atoms with Crippen molar-refractivity contribution in [2.24, 2.45) is 0 Å². The molecular formula is C17H12N2. The second-order valence-electron chi connectivity index (χ2n) is 4.61. The largest absolute Gasteiger partial charge is 0.307 e. The molecular weight excluding hydrogens is 232 g/mol. The SMILES string of the molecule is c1ccc(-c2cccc3c2ccn2ccnc32)cc1. The van der Waals surface area contributed by atoms with Gasteiger partial charge in [-0.2, -0.15) is 0 Å². The highest BCUT2D eigenvalue weighted by molar-refractivity contribution is 6.03. The molecule has 0 saturated carbocycles. The number of imidazole rings is 1. The molecule has 90 valence electrons. The van der Waals surface area contributed by atoms with Crippen LogP contribution in [-0.2, 0) is 0 Å². The highest BCUT2D eigenvalue weighted by Crippen LogP contribution is 2.29. The summed E-state index contributed by atoms with van der Waals surface area (Å²) in [7, 11) is 0. The molecule has 4 aromatic rings. The third kappa shape index (κ3) is 1.54. The van der Waals surface area contributed by atoms with Crippen LogP contribution >= 0.6 is 0 Å². The number of benzene rings is 2. The Morgan fingerprint density at radius 1 is 0.737 bits per heavy atom. The predicted molar refractivity (Wildman–Crippen MR) is 78.1 cm³/mol. The van der Waals surface area contributed by atoms with Crippen molar-refractivity contribution in [1.82, 2.24) is 9.38 Å². The van der Waals surface area contributed by atoms with Gasteiger partial charge in [0.25, 0.3) is 0 Å². The van der Waals surface area contributed by atoms with E-state index >= 15 is 0 Å². The zero-order valence-electron chi connectivity index (χ0n) is 10.3. The molecule has 2 heteroatoms. The van der Waals surface area contributed by atoms with Gasteiger partial charge in [-0.15, -0.1) is 0 Å². The van der Waals surface area contributed by atoms with Crippen molar-refractivity contribution in [1.29, 1.82) is 0 Å². The molecule has 0 radical (unpaired) electrons. The summed E-state index contributed by atoms with van der Waals surface area (Å²) in [5.41, 5.74) is 3.50. The Bertz CT molecular complexity index is 860. The minimum Gasteiger partial charge on any atom is -0.307 e. The number of rotatable bonds is 1. The summed E-state index contributed by atoms with van der Waals surface area (Å²) in [6, 6.07) is 19.0. The maximum Gasteiger partial charge on any atom is 0.144 e. The van der Waals surface area contributed by atoms with Gasteiger partial charge < -0.3 is 4.40 Å². The molecule has 0 aliphatic carbocycles. The zero-order chi connectivity index (χ0) is 12.7. The molecule has 0 spiro atoms. The van der Waals surface area contributed by atoms with Gasteiger partial charge in [0.15, 0.2) is 0 Å². The smallest absolute Gasteiger partial charge is 0.144 e. The van der Waals surface area contributed by atoms with E-state index in [1.165, 1.54) is 21.9 Å². The standard InChI is InChI=1S/C17H12N2/c1-2-5-13(6-3-1)14-7-4-8-16-15(14)9-11-19-12-10-18-17(16)19/h1-12H. The van der Waals surface area contributed by atoms with Gasteiger partial charge >= 0.3 is 0 Å². The average Bonchev–Trinajstić information content (AvgIpc) is 2.96. The number of aromatic nitrogens is 2. The van der Waals surface area contributed by atoms with Crippen molar-refractivity contribution in [2.75, 3.05) is 0 Å². The fraction of sp³-hybridized carbons (Fsp3) is 0. The summed E-state index contributed by atoms with van der Waals surface area (Å²) in [4.78, 5) is 4.44. The van der Waals surface area contributed by atoms with E-state index in [0.717, 1.165) is 5.65 Å². The first-order chi connectivity index (χ1) is 9.43. The fourth-order valence-corrected chi connectivity index (χ4v) is 2.61. The number of hydrogen-bond donors (Lipinski definition) is 0. The topological polar surface area (TPSA) is 17.3 Å². The predicted octanol–water partition coefficient (Wildman–Crippen LogP) is 4.15. The second-order valence-corrected chi connectivity index (χ2v) is 4.61. The van der Waals surface area contributed by atoms with E-state index in [-0.39, 0.29) is 0 Å². The lowest BCUT2D eigenvalue weighted by Crippen LogP contribution is -1.87. The van der Waals surface area contributed by atoms with Crippen molar-refractivity contribution in [3.05, 3.63) is 73.2 Å². The van der Waals surface area contributed by atoms with Crippen molar-refractivity contribution in [2.45, 2.75) is 0 Å². The molecule has 0 atom stereocenters. The molecule has 2 aromatic heterocycles. The molecule has 0 aliphatic rings. The van der Waals surface area contributed by atoms with Gasteiger partial charge in [0.05, 0.1) is 0 Å². The first-order valence-corrected chi connectivity index (χ1v) is 6.33. The Hall–Kier alpha value is -2.61. The Kier molecular flexibility index (Phi) is 2.15. The number of hydrogen-bond acceptors (Lipinski definition) is 1. The van der Waals surface area contributed by atoms with E-state index in [1.54, 1.807) is 0 Å². The van der Waals surface area contributed by atoms with E-state index in [0.29, 0.717) is 0 Å². The van der Waals surface area contributed by atoms with Crippen LogP contribution in [0.5, 0.6) is 0 Å². The van der Waals surface area contributed by atoms with E-state index in [4.69, 9.17) is 0 Å². The quantitative estimate of drug-likeness (QED) is 0.491. The van der Waals surface area contributed by atoms with Crippen molar-refractivity contribution in [3.8, 4) is 11.1 Å². The first-order valence-electron chi connectivity index (χ1n) is 6.33. The summed E-state index contributed by atoms with van der Waals surface area (Å²) >= 11 is 0. The summed E-state index contributed by atoms with van der Waals surface area (Å²) < 4.78 is 2.05. The molecule has 0 saturated heterocycles. The van der Waals surface area contributed by atoms with Crippen LogP contribution in [-0.4, -0.2) is 9.38 Å². The molecule has 19 heavy (non-hydrogen) atoms. The molecule has 2 nitrogen and oxygen atoms in total. The first kappa shape index (κ1) is 10.3. The highest BCUT2D eigenvalue weighted by atomic mass is 15.0. The van der Waals surface area contributed by atoms with Crippen LogP contribution in [0.15, 0.2) is 73.2 Å². The second kappa shape index (κ2) is 3.95. The maximum atomic E-state index is 4.44. The van der Waals surface area contributed by atoms with Gasteiger partial charge in [-0.05, 0) is 22.6 Å². The molecule has 0 amide bonds. The van der Waals surface area contributed by atoms with Crippen LogP contribution in [0.25, 0.3) is 27.5 Å². The van der Waals surface area contributed by atoms with Gasteiger partial charge in [-0.3, -0.25) is 0 Å². The van der Waals surface area contributed by atoms with Crippen molar-refractivity contribution >= 4 is 16.4 Å². The molecule has 0 fully saturated rings. The molecule has 4 rings (SSSR count). The van der Waals surface area contributed by atoms with Crippen LogP contribution < -0.4 is 0 Å². The summed E-state index contributed by atoms with van der Waals surface area (Å²) in [6.45, 7) is 0. The van der Waals surface area contributed by atoms with Crippen molar-refractivity contribution in [3.63, 3.8) is 0 Å². The molecule has 2 aromatic carbocycles. The van der Waals surface area contributed by atoms with Gasteiger partial charge in [-0.25, -0.2) is 4.98 Å². The Morgan fingerprint density at radius 3 is 2.53 bits per heavy atom. The number of fused-ring (bicyclic) bond motifs is 3. The molecule has 2 heterocycles. The Morgan fingerprint density at radius 2 is 1.63 bits per heavy atom. The van der Waals surface area contributed by atoms with Crippen LogP contribution in [0.3, 0.4) is 0 Å². The van der Waals surface area contributed by atoms with E-state index in [2.05, 4.69) is 64.1 Å². The lowest BCUT2D eigenvalue weighted by molar-refractivity contribution is 1.20. The third-order valence-electron chi connectivity index (χ3n) is 3.50. The van der Waals surface area contributed by atoms with Gasteiger partial charge in [0.1, 0.15) is 5.65 Å². The molecule has 0 aliphatic heterocycles. The summed E-state index contributed by atoms with van der Waals surface area (Å²) in [6.07, 6.45) is 5.88. The highest BCUT2D eigenvalue weighted by Gasteiger charge is 2.06. The van der Waals surface area contributed by atoms with Gasteiger partial charge in [0, 0.05) is 24.0 Å². The average molecular weight is 244 g/mol. The minimum atomic E-state index is 1.01. The molecule has 0 bridgehead atoms. The summed E-state index contributed by atoms with van der Waals surface area (Å²) in [5.74, 6) is 0. The lowest BCUT2D eigenvalue weighted by atomic mass is 9.99. The number of nitrogens with zero attached hydrogens (tertiary/aromatic N) is 2. The zero-order valence-corrected chi connectivity index (χ0v) is 10.3. The molecule has 0 unspecified atom stereocenters. The molecule has 0 N–H and O–H groups in total.